The first kappa shape index (κ1) is 11.4. The van der Waals surface area contributed by atoms with Crippen LogP contribution in [0.2, 0.25) is 0 Å². The van der Waals surface area contributed by atoms with Gasteiger partial charge in [-0.05, 0) is 13.0 Å². The Kier molecular flexibility index (Phi) is 3.56. The van der Waals surface area contributed by atoms with Gasteiger partial charge in [-0.15, -0.1) is 0 Å². The zero-order chi connectivity index (χ0) is 11.4. The van der Waals surface area contributed by atoms with E-state index in [1.54, 1.807) is 6.92 Å². The van der Waals surface area contributed by atoms with Gasteiger partial charge in [0.05, 0.1) is 31.0 Å². The maximum absolute atomic E-state index is 12.6. The van der Waals surface area contributed by atoms with Gasteiger partial charge in [0.15, 0.2) is 0 Å². The average molecular weight is 212 g/mol. The van der Waals surface area contributed by atoms with Crippen LogP contribution >= 0.6 is 0 Å². The monoisotopic (exact) mass is 212 g/mol. The molecular formula is C10H10F2N2O. The minimum absolute atomic E-state index is 0.116. The summed E-state index contributed by atoms with van der Waals surface area (Å²) in [6, 6.07) is 3.04. The van der Waals surface area contributed by atoms with Crippen molar-refractivity contribution in [2.75, 3.05) is 7.11 Å². The Morgan fingerprint density at radius 3 is 2.73 bits per heavy atom. The molecule has 0 radical (unpaired) electrons. The molecule has 5 heteroatoms. The van der Waals surface area contributed by atoms with Crippen molar-refractivity contribution in [1.82, 2.24) is 4.98 Å². The van der Waals surface area contributed by atoms with Crippen molar-refractivity contribution in [3.63, 3.8) is 0 Å². The molecule has 0 unspecified atom stereocenters. The standard InChI is InChI=1S/C10H10F2N2O/c1-6-9(15-2)5-7(10(11)12)8(14-6)3-4-13/h5,10H,3H2,1-2H3. The Balaban J connectivity index is 3.26. The molecule has 15 heavy (non-hydrogen) atoms. The van der Waals surface area contributed by atoms with Gasteiger partial charge in [-0.2, -0.15) is 5.26 Å². The molecule has 0 spiro atoms. The first-order chi connectivity index (χ1) is 7.10. The summed E-state index contributed by atoms with van der Waals surface area (Å²) in [6.07, 6.45) is -2.76. The molecule has 1 aromatic rings. The smallest absolute Gasteiger partial charge is 0.265 e. The van der Waals surface area contributed by atoms with Crippen LogP contribution in [0.4, 0.5) is 8.78 Å². The van der Waals surface area contributed by atoms with Crippen molar-refractivity contribution in [3.8, 4) is 11.8 Å². The number of rotatable bonds is 3. The molecule has 0 N–H and O–H groups in total. The lowest BCUT2D eigenvalue weighted by Crippen LogP contribution is -2.02. The lowest BCUT2D eigenvalue weighted by molar-refractivity contribution is 0.149. The molecule has 80 valence electrons. The highest BCUT2D eigenvalue weighted by atomic mass is 19.3. The molecule has 0 aromatic carbocycles. The molecular weight excluding hydrogens is 202 g/mol. The lowest BCUT2D eigenvalue weighted by Gasteiger charge is -2.10. The van der Waals surface area contributed by atoms with Crippen molar-refractivity contribution >= 4 is 0 Å². The van der Waals surface area contributed by atoms with Gasteiger partial charge in [-0.25, -0.2) is 8.78 Å². The van der Waals surface area contributed by atoms with Crippen LogP contribution in [-0.2, 0) is 6.42 Å². The van der Waals surface area contributed by atoms with E-state index in [1.807, 2.05) is 6.07 Å². The van der Waals surface area contributed by atoms with Crippen molar-refractivity contribution < 1.29 is 13.5 Å². The summed E-state index contributed by atoms with van der Waals surface area (Å²) < 4.78 is 30.1. The van der Waals surface area contributed by atoms with Crippen molar-refractivity contribution in [2.45, 2.75) is 19.8 Å². The average Bonchev–Trinajstić information content (AvgIpc) is 2.18. The van der Waals surface area contributed by atoms with E-state index in [0.717, 1.165) is 0 Å². The summed E-state index contributed by atoms with van der Waals surface area (Å²) in [7, 11) is 1.39. The van der Waals surface area contributed by atoms with E-state index in [4.69, 9.17) is 10.00 Å². The Morgan fingerprint density at radius 1 is 1.60 bits per heavy atom. The molecule has 0 saturated carbocycles. The number of aryl methyl sites for hydroxylation is 1. The molecule has 1 rings (SSSR count). The fraction of sp³-hybridized carbons (Fsp3) is 0.400. The van der Waals surface area contributed by atoms with Crippen LogP contribution in [0.15, 0.2) is 6.07 Å². The van der Waals surface area contributed by atoms with Crippen LogP contribution in [0.5, 0.6) is 5.75 Å². The van der Waals surface area contributed by atoms with E-state index in [9.17, 15) is 8.78 Å². The van der Waals surface area contributed by atoms with Gasteiger partial charge in [0.25, 0.3) is 6.43 Å². The SMILES string of the molecule is COc1cc(C(F)F)c(CC#N)nc1C. The lowest BCUT2D eigenvalue weighted by atomic mass is 10.1. The number of nitriles is 1. The number of halogens is 2. The maximum Gasteiger partial charge on any atom is 0.265 e. The van der Waals surface area contributed by atoms with E-state index in [1.165, 1.54) is 13.2 Å². The third-order valence-electron chi connectivity index (χ3n) is 1.98. The topological polar surface area (TPSA) is 45.9 Å². The van der Waals surface area contributed by atoms with Gasteiger partial charge in [0.1, 0.15) is 5.75 Å². The van der Waals surface area contributed by atoms with Crippen molar-refractivity contribution in [3.05, 3.63) is 23.0 Å². The third kappa shape index (κ3) is 2.40. The Morgan fingerprint density at radius 2 is 2.27 bits per heavy atom. The molecule has 0 aliphatic heterocycles. The number of nitrogens with zero attached hydrogens (tertiary/aromatic N) is 2. The minimum Gasteiger partial charge on any atom is -0.495 e. The van der Waals surface area contributed by atoms with Gasteiger partial charge in [-0.3, -0.25) is 4.98 Å². The Hall–Kier alpha value is -1.70. The highest BCUT2D eigenvalue weighted by Crippen LogP contribution is 2.27. The predicted octanol–water partition coefficient (Wildman–Crippen LogP) is 2.40. The van der Waals surface area contributed by atoms with E-state index in [2.05, 4.69) is 4.98 Å². The third-order valence-corrected chi connectivity index (χ3v) is 1.98. The van der Waals surface area contributed by atoms with Crippen LogP contribution in [0.3, 0.4) is 0 Å². The quantitative estimate of drug-likeness (QED) is 0.772. The summed E-state index contributed by atoms with van der Waals surface area (Å²) in [5.74, 6) is 0.312. The van der Waals surface area contributed by atoms with Crippen molar-refractivity contribution in [2.24, 2.45) is 0 Å². The van der Waals surface area contributed by atoms with E-state index in [-0.39, 0.29) is 17.7 Å². The summed E-state index contributed by atoms with van der Waals surface area (Å²) in [5, 5.41) is 8.48. The van der Waals surface area contributed by atoms with Gasteiger partial charge in [0, 0.05) is 5.56 Å². The molecule has 0 aliphatic rings. The summed E-state index contributed by atoms with van der Waals surface area (Å²) in [6.45, 7) is 1.65. The Bertz CT molecular complexity index is 399. The normalized spacial score (nSPS) is 10.1. The van der Waals surface area contributed by atoms with Crippen LogP contribution in [0.25, 0.3) is 0 Å². The predicted molar refractivity (Wildman–Crippen MR) is 49.8 cm³/mol. The zero-order valence-electron chi connectivity index (χ0n) is 8.42. The number of alkyl halides is 2. The summed E-state index contributed by atoms with van der Waals surface area (Å²) in [5.41, 5.74) is 0.386. The molecule has 1 heterocycles. The molecule has 0 bridgehead atoms. The molecule has 0 saturated heterocycles. The van der Waals surface area contributed by atoms with E-state index >= 15 is 0 Å². The van der Waals surface area contributed by atoms with Gasteiger partial charge < -0.3 is 4.74 Å². The molecule has 0 amide bonds. The highest BCUT2D eigenvalue weighted by Gasteiger charge is 2.17. The highest BCUT2D eigenvalue weighted by molar-refractivity contribution is 5.36. The number of methoxy groups -OCH3 is 1. The number of hydrogen-bond donors (Lipinski definition) is 0. The second-order valence-corrected chi connectivity index (χ2v) is 2.95. The molecule has 0 fully saturated rings. The number of ether oxygens (including phenoxy) is 1. The summed E-state index contributed by atoms with van der Waals surface area (Å²) >= 11 is 0. The Labute approximate surface area is 86.3 Å². The van der Waals surface area contributed by atoms with Gasteiger partial charge >= 0.3 is 0 Å². The fourth-order valence-corrected chi connectivity index (χ4v) is 1.26. The number of pyridine rings is 1. The molecule has 1 aromatic heterocycles. The number of hydrogen-bond acceptors (Lipinski definition) is 3. The van der Waals surface area contributed by atoms with Crippen molar-refractivity contribution in [1.29, 1.82) is 5.26 Å². The summed E-state index contributed by atoms with van der Waals surface area (Å²) in [4.78, 5) is 3.93. The first-order valence-corrected chi connectivity index (χ1v) is 4.29. The van der Waals surface area contributed by atoms with Crippen LogP contribution < -0.4 is 4.74 Å². The van der Waals surface area contributed by atoms with Gasteiger partial charge in [0.2, 0.25) is 0 Å². The zero-order valence-corrected chi connectivity index (χ0v) is 8.42. The first-order valence-electron chi connectivity index (χ1n) is 4.29. The van der Waals surface area contributed by atoms with Crippen LogP contribution in [0.1, 0.15) is 23.4 Å². The second kappa shape index (κ2) is 4.69. The minimum atomic E-state index is -2.64. The van der Waals surface area contributed by atoms with E-state index in [0.29, 0.717) is 11.4 Å². The fourth-order valence-electron chi connectivity index (χ4n) is 1.26. The van der Waals surface area contributed by atoms with Crippen LogP contribution in [-0.4, -0.2) is 12.1 Å². The number of aromatic nitrogens is 1. The molecule has 3 nitrogen and oxygen atoms in total. The largest absolute Gasteiger partial charge is 0.495 e. The molecule has 0 aliphatic carbocycles. The second-order valence-electron chi connectivity index (χ2n) is 2.95. The maximum atomic E-state index is 12.6. The molecule has 0 atom stereocenters. The van der Waals surface area contributed by atoms with E-state index < -0.39 is 6.43 Å². The van der Waals surface area contributed by atoms with Gasteiger partial charge in [-0.1, -0.05) is 0 Å². The van der Waals surface area contributed by atoms with Crippen LogP contribution in [0, 0.1) is 18.3 Å².